The van der Waals surface area contributed by atoms with E-state index in [1.165, 1.54) is 17.3 Å². The second-order valence-electron chi connectivity index (χ2n) is 11.1. The summed E-state index contributed by atoms with van der Waals surface area (Å²) in [6.07, 6.45) is 9.86. The minimum atomic E-state index is -0.335. The molecule has 2 bridgehead atoms. The normalized spacial score (nSPS) is 29.9. The van der Waals surface area contributed by atoms with Crippen molar-refractivity contribution in [1.29, 1.82) is 5.26 Å². The zero-order valence-electron chi connectivity index (χ0n) is 20.5. The summed E-state index contributed by atoms with van der Waals surface area (Å²) in [7, 11) is 0. The van der Waals surface area contributed by atoms with E-state index >= 15 is 0 Å². The third-order valence-electron chi connectivity index (χ3n) is 8.30. The fraction of sp³-hybridized carbons (Fsp3) is 0.536. The summed E-state index contributed by atoms with van der Waals surface area (Å²) in [6, 6.07) is 8.52. The number of carbonyl (C=O) groups excluding carboxylic acids is 1. The monoisotopic (exact) mass is 458 g/mol. The maximum absolute atomic E-state index is 12.9. The number of anilines is 1. The fourth-order valence-corrected chi connectivity index (χ4v) is 6.15. The van der Waals surface area contributed by atoms with Gasteiger partial charge in [0.05, 0.1) is 18.4 Å². The van der Waals surface area contributed by atoms with E-state index in [4.69, 9.17) is 10.00 Å². The molecule has 6 heteroatoms. The highest BCUT2D eigenvalue weighted by molar-refractivity contribution is 6.03. The molecule has 5 rings (SSSR count). The van der Waals surface area contributed by atoms with Gasteiger partial charge in [-0.25, -0.2) is 4.98 Å². The molecule has 2 fully saturated rings. The van der Waals surface area contributed by atoms with Crippen LogP contribution < -0.4 is 5.32 Å². The van der Waals surface area contributed by atoms with E-state index in [1.807, 2.05) is 12.1 Å². The molecule has 6 nitrogen and oxygen atoms in total. The standard InChI is InChI=1S/C28H34N4O2/c1-16-23-7-8-24(34-23)17(2)25(16)19-5-6-22(32-27(33)26-30-15-20(14-29)31-26)21(13-19)18-9-11-28(3,4)12-10-18/h5-6,9,13,15-17,23-25H,7-8,10-12H2,1-4H3,(H,30,31)(H,32,33)/t16-,17+,23+,24-,25?. The van der Waals surface area contributed by atoms with Gasteiger partial charge in [-0.05, 0) is 78.5 Å². The first-order valence-electron chi connectivity index (χ1n) is 12.5. The number of rotatable bonds is 4. The molecule has 1 unspecified atom stereocenters. The van der Waals surface area contributed by atoms with Gasteiger partial charge in [0.25, 0.3) is 5.91 Å². The van der Waals surface area contributed by atoms with Crippen LogP contribution in [0.15, 0.2) is 30.5 Å². The fourth-order valence-electron chi connectivity index (χ4n) is 6.15. The zero-order chi connectivity index (χ0) is 24.0. The van der Waals surface area contributed by atoms with Crippen LogP contribution in [-0.2, 0) is 4.74 Å². The maximum atomic E-state index is 12.9. The summed E-state index contributed by atoms with van der Waals surface area (Å²) in [6.45, 7) is 9.28. The molecule has 1 amide bonds. The van der Waals surface area contributed by atoms with Crippen molar-refractivity contribution in [2.24, 2.45) is 17.3 Å². The van der Waals surface area contributed by atoms with Gasteiger partial charge in [0, 0.05) is 11.3 Å². The number of allylic oxidation sites excluding steroid dienone is 2. The van der Waals surface area contributed by atoms with Crippen molar-refractivity contribution in [3.63, 3.8) is 0 Å². The Bertz CT molecular complexity index is 1160. The lowest BCUT2D eigenvalue weighted by molar-refractivity contribution is -0.0704. The molecular formula is C28H34N4O2. The first-order valence-corrected chi connectivity index (χ1v) is 12.5. The number of hydrogen-bond acceptors (Lipinski definition) is 4. The highest BCUT2D eigenvalue weighted by Crippen LogP contribution is 2.49. The summed E-state index contributed by atoms with van der Waals surface area (Å²) >= 11 is 0. The molecule has 3 aliphatic rings. The van der Waals surface area contributed by atoms with Gasteiger partial charge >= 0.3 is 0 Å². The second kappa shape index (κ2) is 8.70. The number of aromatic nitrogens is 2. The van der Waals surface area contributed by atoms with Gasteiger partial charge < -0.3 is 15.0 Å². The predicted octanol–water partition coefficient (Wildman–Crippen LogP) is 6.04. The molecule has 0 radical (unpaired) electrons. The Hall–Kier alpha value is -2.91. The second-order valence-corrected chi connectivity index (χ2v) is 11.1. The van der Waals surface area contributed by atoms with E-state index in [1.54, 1.807) is 0 Å². The largest absolute Gasteiger partial charge is 0.374 e. The maximum Gasteiger partial charge on any atom is 0.291 e. The molecule has 1 aromatic heterocycles. The van der Waals surface area contributed by atoms with Crippen molar-refractivity contribution in [2.75, 3.05) is 5.32 Å². The molecule has 5 atom stereocenters. The third-order valence-corrected chi connectivity index (χ3v) is 8.30. The van der Waals surface area contributed by atoms with Crippen LogP contribution in [-0.4, -0.2) is 28.1 Å². The number of nitrogens with zero attached hydrogens (tertiary/aromatic N) is 2. The summed E-state index contributed by atoms with van der Waals surface area (Å²) in [5.41, 5.74) is 5.11. The first-order chi connectivity index (χ1) is 16.3. The quantitative estimate of drug-likeness (QED) is 0.584. The number of ether oxygens (including phenoxy) is 1. The van der Waals surface area contributed by atoms with Crippen molar-refractivity contribution in [3.05, 3.63) is 53.1 Å². The van der Waals surface area contributed by atoms with Gasteiger partial charge in [0.15, 0.2) is 5.82 Å². The van der Waals surface area contributed by atoms with E-state index < -0.39 is 0 Å². The molecule has 1 aliphatic carbocycles. The van der Waals surface area contributed by atoms with E-state index in [0.717, 1.165) is 43.4 Å². The number of benzene rings is 1. The molecule has 0 saturated carbocycles. The minimum absolute atomic E-state index is 0.147. The van der Waals surface area contributed by atoms with Gasteiger partial charge in [-0.3, -0.25) is 4.79 Å². The van der Waals surface area contributed by atoms with Crippen molar-refractivity contribution < 1.29 is 9.53 Å². The Kier molecular flexibility index (Phi) is 5.85. The van der Waals surface area contributed by atoms with E-state index in [9.17, 15) is 4.79 Å². The van der Waals surface area contributed by atoms with E-state index in [2.05, 4.69) is 61.2 Å². The van der Waals surface area contributed by atoms with Gasteiger partial charge in [-0.15, -0.1) is 0 Å². The van der Waals surface area contributed by atoms with E-state index in [0.29, 0.717) is 35.4 Å². The number of amides is 1. The zero-order valence-corrected chi connectivity index (χ0v) is 20.5. The number of H-pyrrole nitrogens is 1. The summed E-state index contributed by atoms with van der Waals surface area (Å²) in [5, 5.41) is 12.1. The van der Waals surface area contributed by atoms with Crippen LogP contribution in [0.2, 0.25) is 0 Å². The first kappa shape index (κ1) is 22.9. The molecule has 2 aliphatic heterocycles. The van der Waals surface area contributed by atoms with Gasteiger partial charge in [0.1, 0.15) is 11.8 Å². The molecule has 2 saturated heterocycles. The highest BCUT2D eigenvalue weighted by atomic mass is 16.5. The average molecular weight is 459 g/mol. The van der Waals surface area contributed by atoms with E-state index in [-0.39, 0.29) is 17.4 Å². The Labute approximate surface area is 201 Å². The molecule has 3 heterocycles. The Morgan fingerprint density at radius 1 is 1.24 bits per heavy atom. The molecule has 2 aromatic rings. The van der Waals surface area contributed by atoms with Gasteiger partial charge in [0.2, 0.25) is 0 Å². The van der Waals surface area contributed by atoms with Crippen LogP contribution in [0.1, 0.15) is 93.2 Å². The number of nitrogens with one attached hydrogen (secondary N) is 2. The number of fused-ring (bicyclic) bond motifs is 2. The topological polar surface area (TPSA) is 90.8 Å². The molecule has 34 heavy (non-hydrogen) atoms. The highest BCUT2D eigenvalue weighted by Gasteiger charge is 2.46. The smallest absolute Gasteiger partial charge is 0.291 e. The SMILES string of the molecule is C[C@@H]1C(c2ccc(NC(=O)c3ncc(C#N)[nH]3)c(C3=CCC(C)(C)CC3)c2)[C@H](C)[C@@H]2CC[C@H]1O2. The van der Waals surface area contributed by atoms with Crippen LogP contribution in [0.4, 0.5) is 5.69 Å². The lowest BCUT2D eigenvalue weighted by atomic mass is 9.72. The lowest BCUT2D eigenvalue weighted by Crippen LogP contribution is -2.38. The van der Waals surface area contributed by atoms with Crippen LogP contribution in [0, 0.1) is 28.6 Å². The average Bonchev–Trinajstić information content (AvgIpc) is 3.48. The molecule has 1 aromatic carbocycles. The van der Waals surface area contributed by atoms with Crippen LogP contribution >= 0.6 is 0 Å². The number of hydrogen-bond donors (Lipinski definition) is 2. The minimum Gasteiger partial charge on any atom is -0.374 e. The van der Waals surface area contributed by atoms with Crippen molar-refractivity contribution in [1.82, 2.24) is 9.97 Å². The number of carbonyl (C=O) groups is 1. The van der Waals surface area contributed by atoms with Crippen LogP contribution in [0.5, 0.6) is 0 Å². The third kappa shape index (κ3) is 4.18. The number of nitriles is 1. The van der Waals surface area contributed by atoms with Gasteiger partial charge in [-0.1, -0.05) is 39.8 Å². The van der Waals surface area contributed by atoms with Gasteiger partial charge in [-0.2, -0.15) is 5.26 Å². The Balaban J connectivity index is 1.50. The van der Waals surface area contributed by atoms with Crippen molar-refractivity contribution >= 4 is 17.2 Å². The van der Waals surface area contributed by atoms with Crippen molar-refractivity contribution in [3.8, 4) is 6.07 Å². The summed E-state index contributed by atoms with van der Waals surface area (Å²) < 4.78 is 6.28. The molecule has 178 valence electrons. The number of aromatic amines is 1. The predicted molar refractivity (Wildman–Crippen MR) is 132 cm³/mol. The summed E-state index contributed by atoms with van der Waals surface area (Å²) in [5.74, 6) is 1.19. The van der Waals surface area contributed by atoms with Crippen LogP contribution in [0.25, 0.3) is 5.57 Å². The molecule has 2 N–H and O–H groups in total. The Morgan fingerprint density at radius 2 is 1.97 bits per heavy atom. The van der Waals surface area contributed by atoms with Crippen LogP contribution in [0.3, 0.4) is 0 Å². The summed E-state index contributed by atoms with van der Waals surface area (Å²) in [4.78, 5) is 19.7. The van der Waals surface area contributed by atoms with Crippen molar-refractivity contribution in [2.45, 2.75) is 77.9 Å². The lowest BCUT2D eigenvalue weighted by Gasteiger charge is -2.40. The Morgan fingerprint density at radius 3 is 2.59 bits per heavy atom. The number of imidazole rings is 1. The molecular weight excluding hydrogens is 424 g/mol. The molecule has 0 spiro atoms.